The monoisotopic (exact) mass is 322 g/mol. The summed E-state index contributed by atoms with van der Waals surface area (Å²) in [6.07, 6.45) is 5.25. The van der Waals surface area contributed by atoms with E-state index in [1.54, 1.807) is 0 Å². The summed E-state index contributed by atoms with van der Waals surface area (Å²) in [6, 6.07) is 3.84. The van der Waals surface area contributed by atoms with Gasteiger partial charge in [-0.05, 0) is 50.8 Å². The first-order valence-corrected chi connectivity index (χ1v) is 8.69. The van der Waals surface area contributed by atoms with Crippen molar-refractivity contribution in [3.8, 4) is 11.5 Å². The van der Waals surface area contributed by atoms with Gasteiger partial charge in [0.05, 0.1) is 0 Å². The van der Waals surface area contributed by atoms with Crippen LogP contribution in [0, 0.1) is 5.92 Å². The highest BCUT2D eigenvalue weighted by Gasteiger charge is 2.46. The van der Waals surface area contributed by atoms with E-state index in [4.69, 9.17) is 20.4 Å². The SMILES string of the molecule is [B]C([B])(O)C1=CC2c3c(O)cc(CCC)cc3OC(C)(C)C2CC1. The fourth-order valence-electron chi connectivity index (χ4n) is 4.18. The first-order valence-electron chi connectivity index (χ1n) is 8.69. The Balaban J connectivity index is 2.13. The zero-order chi connectivity index (χ0) is 17.7. The number of aryl methyl sites for hydroxylation is 1. The summed E-state index contributed by atoms with van der Waals surface area (Å²) in [5.41, 5.74) is 2.10. The Morgan fingerprint density at radius 1 is 1.33 bits per heavy atom. The summed E-state index contributed by atoms with van der Waals surface area (Å²) in [5.74, 6) is 1.09. The van der Waals surface area contributed by atoms with Gasteiger partial charge in [0.1, 0.15) is 32.8 Å². The maximum atomic E-state index is 10.6. The number of phenols is 1. The third-order valence-electron chi connectivity index (χ3n) is 5.37. The molecule has 1 aromatic carbocycles. The quantitative estimate of drug-likeness (QED) is 0.665. The minimum atomic E-state index is -1.81. The molecule has 4 radical (unpaired) electrons. The van der Waals surface area contributed by atoms with Crippen molar-refractivity contribution >= 4 is 15.7 Å². The van der Waals surface area contributed by atoms with Crippen LogP contribution in [0.3, 0.4) is 0 Å². The zero-order valence-corrected chi connectivity index (χ0v) is 14.7. The minimum Gasteiger partial charge on any atom is -0.507 e. The molecule has 0 saturated heterocycles. The maximum absolute atomic E-state index is 10.6. The molecular formula is C19H24B2O3. The van der Waals surface area contributed by atoms with E-state index < -0.39 is 5.40 Å². The lowest BCUT2D eigenvalue weighted by Gasteiger charge is -2.47. The number of allylic oxidation sites excluding steroid dienone is 1. The lowest BCUT2D eigenvalue weighted by Crippen LogP contribution is -2.46. The summed E-state index contributed by atoms with van der Waals surface area (Å²) in [5, 5.41) is 18.8. The largest absolute Gasteiger partial charge is 0.507 e. The third kappa shape index (κ3) is 2.99. The van der Waals surface area contributed by atoms with Crippen LogP contribution in [-0.4, -0.2) is 36.9 Å². The number of hydrogen-bond donors (Lipinski definition) is 2. The van der Waals surface area contributed by atoms with Crippen molar-refractivity contribution in [3.63, 3.8) is 0 Å². The molecule has 3 nitrogen and oxygen atoms in total. The van der Waals surface area contributed by atoms with Crippen LogP contribution in [0.2, 0.25) is 0 Å². The number of fused-ring (bicyclic) bond motifs is 3. The summed E-state index contributed by atoms with van der Waals surface area (Å²) in [7, 11) is 11.4. The third-order valence-corrected chi connectivity index (χ3v) is 5.37. The molecular weight excluding hydrogens is 298 g/mol. The molecule has 2 aliphatic rings. The van der Waals surface area contributed by atoms with E-state index in [0.29, 0.717) is 12.0 Å². The van der Waals surface area contributed by atoms with Crippen LogP contribution in [0.4, 0.5) is 0 Å². The Bertz CT molecular complexity index is 674. The fourth-order valence-corrected chi connectivity index (χ4v) is 4.18. The van der Waals surface area contributed by atoms with Crippen molar-refractivity contribution in [1.82, 2.24) is 0 Å². The number of phenolic OH excluding ortho intramolecular Hbond substituents is 1. The molecule has 0 fully saturated rings. The minimum absolute atomic E-state index is 0.0678. The summed E-state index contributed by atoms with van der Waals surface area (Å²) in [4.78, 5) is 0. The molecule has 1 aromatic rings. The van der Waals surface area contributed by atoms with E-state index in [2.05, 4.69) is 20.8 Å². The van der Waals surface area contributed by atoms with Gasteiger partial charge in [0, 0.05) is 22.8 Å². The van der Waals surface area contributed by atoms with Gasteiger partial charge in [0.25, 0.3) is 0 Å². The molecule has 2 N–H and O–H groups in total. The van der Waals surface area contributed by atoms with Crippen LogP contribution in [0.25, 0.3) is 0 Å². The van der Waals surface area contributed by atoms with Crippen molar-refractivity contribution in [2.75, 3.05) is 0 Å². The Labute approximate surface area is 146 Å². The number of rotatable bonds is 3. The first kappa shape index (κ1) is 17.5. The van der Waals surface area contributed by atoms with Crippen molar-refractivity contribution in [2.45, 2.75) is 63.4 Å². The van der Waals surface area contributed by atoms with Crippen LogP contribution >= 0.6 is 0 Å². The molecule has 1 aliphatic heterocycles. The molecule has 3 rings (SSSR count). The van der Waals surface area contributed by atoms with Gasteiger partial charge in [-0.3, -0.25) is 0 Å². The molecule has 0 spiro atoms. The van der Waals surface area contributed by atoms with Gasteiger partial charge in [0.15, 0.2) is 0 Å². The topological polar surface area (TPSA) is 49.7 Å². The van der Waals surface area contributed by atoms with Crippen LogP contribution in [0.1, 0.15) is 57.1 Å². The second-order valence-electron chi connectivity index (χ2n) is 7.67. The molecule has 0 saturated carbocycles. The Hall–Kier alpha value is -1.35. The smallest absolute Gasteiger partial charge is 0.127 e. The lowest BCUT2D eigenvalue weighted by atomic mass is 9.56. The average molecular weight is 322 g/mol. The van der Waals surface area contributed by atoms with Crippen LogP contribution in [0.15, 0.2) is 23.8 Å². The second kappa shape index (κ2) is 5.87. The van der Waals surface area contributed by atoms with Gasteiger partial charge in [-0.15, -0.1) is 0 Å². The molecule has 5 heteroatoms. The number of aromatic hydroxyl groups is 1. The summed E-state index contributed by atoms with van der Waals surface area (Å²) >= 11 is 0. The van der Waals surface area contributed by atoms with Gasteiger partial charge in [-0.2, -0.15) is 0 Å². The van der Waals surface area contributed by atoms with E-state index in [0.717, 1.165) is 36.1 Å². The number of ether oxygens (including phenoxy) is 1. The van der Waals surface area contributed by atoms with Gasteiger partial charge >= 0.3 is 0 Å². The highest BCUT2D eigenvalue weighted by molar-refractivity contribution is 6.41. The highest BCUT2D eigenvalue weighted by Crippen LogP contribution is 2.54. The van der Waals surface area contributed by atoms with E-state index in [-0.39, 0.29) is 23.2 Å². The van der Waals surface area contributed by atoms with Crippen molar-refractivity contribution in [1.29, 1.82) is 0 Å². The fraction of sp³-hybridized carbons (Fsp3) is 0.579. The first-order chi connectivity index (χ1) is 11.1. The van der Waals surface area contributed by atoms with Crippen LogP contribution < -0.4 is 4.74 Å². The van der Waals surface area contributed by atoms with Crippen LogP contribution in [-0.2, 0) is 6.42 Å². The lowest BCUT2D eigenvalue weighted by molar-refractivity contribution is 0.00935. The van der Waals surface area contributed by atoms with Gasteiger partial charge in [-0.1, -0.05) is 25.0 Å². The average Bonchev–Trinajstić information content (AvgIpc) is 2.45. The van der Waals surface area contributed by atoms with Crippen molar-refractivity contribution in [2.24, 2.45) is 5.92 Å². The van der Waals surface area contributed by atoms with Gasteiger partial charge in [0.2, 0.25) is 0 Å². The summed E-state index contributed by atoms with van der Waals surface area (Å²) < 4.78 is 6.26. The zero-order valence-electron chi connectivity index (χ0n) is 14.7. The standard InChI is InChI=1S/C19H24B2O3/c1-4-5-11-8-15(22)17-13-10-12(19(20,21)23)6-7-14(13)18(2,3)24-16(17)9-11/h8-10,13-14,22-23H,4-7H2,1-3H3. The molecule has 24 heavy (non-hydrogen) atoms. The van der Waals surface area contributed by atoms with E-state index >= 15 is 0 Å². The van der Waals surface area contributed by atoms with Crippen molar-refractivity contribution in [3.05, 3.63) is 34.9 Å². The molecule has 1 heterocycles. The number of benzene rings is 1. The normalized spacial score (nSPS) is 25.2. The Morgan fingerprint density at radius 3 is 2.67 bits per heavy atom. The van der Waals surface area contributed by atoms with E-state index in [1.165, 1.54) is 0 Å². The molecule has 0 aromatic heterocycles. The van der Waals surface area contributed by atoms with E-state index in [9.17, 15) is 10.2 Å². The summed E-state index contributed by atoms with van der Waals surface area (Å²) in [6.45, 7) is 6.26. The molecule has 1 aliphatic carbocycles. The molecule has 0 bridgehead atoms. The predicted molar refractivity (Wildman–Crippen MR) is 96.8 cm³/mol. The van der Waals surface area contributed by atoms with Crippen LogP contribution in [0.5, 0.6) is 11.5 Å². The van der Waals surface area contributed by atoms with Crippen molar-refractivity contribution < 1.29 is 14.9 Å². The molecule has 0 amide bonds. The predicted octanol–water partition coefficient (Wildman–Crippen LogP) is 2.92. The maximum Gasteiger partial charge on any atom is 0.127 e. The Kier molecular flexibility index (Phi) is 4.28. The van der Waals surface area contributed by atoms with Gasteiger partial charge < -0.3 is 14.9 Å². The van der Waals surface area contributed by atoms with Gasteiger partial charge in [-0.25, -0.2) is 0 Å². The molecule has 2 unspecified atom stereocenters. The number of aliphatic hydroxyl groups is 1. The Morgan fingerprint density at radius 2 is 2.04 bits per heavy atom. The second-order valence-corrected chi connectivity index (χ2v) is 7.67. The molecule has 124 valence electrons. The number of hydrogen-bond acceptors (Lipinski definition) is 3. The van der Waals surface area contributed by atoms with E-state index in [1.807, 2.05) is 18.2 Å². The highest BCUT2D eigenvalue weighted by atomic mass is 16.5. The molecule has 2 atom stereocenters.